The van der Waals surface area contributed by atoms with Gasteiger partial charge in [0.1, 0.15) is 0 Å². The highest BCUT2D eigenvalue weighted by molar-refractivity contribution is 7.99. The van der Waals surface area contributed by atoms with Gasteiger partial charge in [0.2, 0.25) is 0 Å². The van der Waals surface area contributed by atoms with Gasteiger partial charge in [-0.3, -0.25) is 4.79 Å². The minimum atomic E-state index is -0.659. The molecule has 1 fully saturated rings. The Morgan fingerprint density at radius 1 is 1.33 bits per heavy atom. The lowest BCUT2D eigenvalue weighted by atomic mass is 10.1. The van der Waals surface area contributed by atoms with Crippen LogP contribution in [-0.2, 0) is 4.79 Å². The van der Waals surface area contributed by atoms with Crippen molar-refractivity contribution in [2.75, 3.05) is 11.5 Å². The number of carboxylic acids is 1. The molecule has 0 atom stereocenters. The van der Waals surface area contributed by atoms with Gasteiger partial charge in [-0.1, -0.05) is 42.5 Å². The van der Waals surface area contributed by atoms with E-state index in [1.807, 2.05) is 30.0 Å². The summed E-state index contributed by atoms with van der Waals surface area (Å²) in [5, 5.41) is 8.82. The van der Waals surface area contributed by atoms with E-state index in [4.69, 9.17) is 5.11 Å². The Hall–Kier alpha value is -1.22. The molecular weight excluding hydrogens is 244 g/mol. The average Bonchev–Trinajstić information content (AvgIpc) is 3.09. The molecule has 0 aliphatic heterocycles. The molecule has 1 aromatic carbocycles. The highest BCUT2D eigenvalue weighted by atomic mass is 32.2. The number of hydrogen-bond acceptors (Lipinski definition) is 2. The monoisotopic (exact) mass is 262 g/mol. The van der Waals surface area contributed by atoms with Gasteiger partial charge in [0.15, 0.2) is 0 Å². The summed E-state index contributed by atoms with van der Waals surface area (Å²) in [6, 6.07) is 10.2. The predicted octanol–water partition coefficient (Wildman–Crippen LogP) is 3.69. The van der Waals surface area contributed by atoms with Gasteiger partial charge in [0.25, 0.3) is 0 Å². The number of carbonyl (C=O) groups is 1. The van der Waals surface area contributed by atoms with Gasteiger partial charge in [0.05, 0.1) is 6.42 Å². The minimum Gasteiger partial charge on any atom is -0.481 e. The molecule has 0 saturated heterocycles. The van der Waals surface area contributed by atoms with Crippen LogP contribution in [0.25, 0.3) is 6.08 Å². The van der Waals surface area contributed by atoms with Crippen molar-refractivity contribution in [1.29, 1.82) is 0 Å². The van der Waals surface area contributed by atoms with E-state index in [9.17, 15) is 4.79 Å². The van der Waals surface area contributed by atoms with Gasteiger partial charge in [-0.05, 0) is 29.6 Å². The lowest BCUT2D eigenvalue weighted by Crippen LogP contribution is -2.11. The summed E-state index contributed by atoms with van der Waals surface area (Å²) in [5.41, 5.74) is 1.32. The molecule has 1 aliphatic rings. The van der Waals surface area contributed by atoms with E-state index >= 15 is 0 Å². The number of aliphatic carboxylic acids is 1. The van der Waals surface area contributed by atoms with E-state index in [-0.39, 0.29) is 5.41 Å². The molecule has 1 aromatic rings. The maximum atomic E-state index is 10.7. The first kappa shape index (κ1) is 13.2. The van der Waals surface area contributed by atoms with Crippen molar-refractivity contribution in [3.05, 3.63) is 42.0 Å². The largest absolute Gasteiger partial charge is 0.481 e. The van der Waals surface area contributed by atoms with Crippen LogP contribution >= 0.6 is 11.8 Å². The van der Waals surface area contributed by atoms with Gasteiger partial charge >= 0.3 is 5.97 Å². The fraction of sp³-hybridized carbons (Fsp3) is 0.400. The van der Waals surface area contributed by atoms with Crippen LogP contribution in [0.4, 0.5) is 0 Å². The SMILES string of the molecule is O=C(O)CC1(CSCC=Cc2ccccc2)CC1. The topological polar surface area (TPSA) is 37.3 Å². The van der Waals surface area contributed by atoms with Crippen molar-refractivity contribution in [2.24, 2.45) is 5.41 Å². The van der Waals surface area contributed by atoms with Gasteiger partial charge in [-0.25, -0.2) is 0 Å². The molecule has 1 aliphatic carbocycles. The Morgan fingerprint density at radius 2 is 2.06 bits per heavy atom. The molecule has 2 nitrogen and oxygen atoms in total. The summed E-state index contributed by atoms with van der Waals surface area (Å²) >= 11 is 1.83. The molecule has 0 spiro atoms. The molecule has 2 rings (SSSR count). The van der Waals surface area contributed by atoms with E-state index < -0.39 is 5.97 Å². The zero-order valence-corrected chi connectivity index (χ0v) is 11.2. The van der Waals surface area contributed by atoms with E-state index in [2.05, 4.69) is 24.3 Å². The average molecular weight is 262 g/mol. The summed E-state index contributed by atoms with van der Waals surface area (Å²) in [7, 11) is 0. The maximum absolute atomic E-state index is 10.7. The quantitative estimate of drug-likeness (QED) is 0.761. The fourth-order valence-electron chi connectivity index (χ4n) is 1.96. The van der Waals surface area contributed by atoms with Gasteiger partial charge in [-0.2, -0.15) is 11.8 Å². The second-order valence-electron chi connectivity index (χ2n) is 4.90. The first-order chi connectivity index (χ1) is 8.70. The molecule has 0 bridgehead atoms. The van der Waals surface area contributed by atoms with Crippen LogP contribution in [0.1, 0.15) is 24.8 Å². The zero-order valence-electron chi connectivity index (χ0n) is 10.3. The summed E-state index contributed by atoms with van der Waals surface area (Å²) in [6.07, 6.45) is 6.76. The lowest BCUT2D eigenvalue weighted by molar-refractivity contribution is -0.138. The normalized spacial score (nSPS) is 16.9. The second-order valence-corrected chi connectivity index (χ2v) is 5.93. The van der Waals surface area contributed by atoms with E-state index in [1.165, 1.54) is 5.56 Å². The van der Waals surface area contributed by atoms with Crippen LogP contribution in [0.2, 0.25) is 0 Å². The molecule has 1 N–H and O–H groups in total. The van der Waals surface area contributed by atoms with Crippen molar-refractivity contribution < 1.29 is 9.90 Å². The Labute approximate surface area is 112 Å². The van der Waals surface area contributed by atoms with Crippen LogP contribution in [0.3, 0.4) is 0 Å². The van der Waals surface area contributed by atoms with Gasteiger partial charge in [-0.15, -0.1) is 0 Å². The van der Waals surface area contributed by atoms with Gasteiger partial charge < -0.3 is 5.11 Å². The number of carboxylic acid groups (broad SMARTS) is 1. The molecule has 0 aromatic heterocycles. The molecule has 96 valence electrons. The summed E-state index contributed by atoms with van der Waals surface area (Å²) < 4.78 is 0. The van der Waals surface area contributed by atoms with Crippen molar-refractivity contribution >= 4 is 23.8 Å². The third-order valence-electron chi connectivity index (χ3n) is 3.22. The second kappa shape index (κ2) is 6.10. The third-order valence-corrected chi connectivity index (χ3v) is 4.46. The minimum absolute atomic E-state index is 0.108. The number of thioether (sulfide) groups is 1. The van der Waals surface area contributed by atoms with E-state index in [0.29, 0.717) is 6.42 Å². The highest BCUT2D eigenvalue weighted by Gasteiger charge is 2.43. The summed E-state index contributed by atoms with van der Waals surface area (Å²) in [5.74, 6) is 1.27. The van der Waals surface area contributed by atoms with Crippen molar-refractivity contribution in [3.8, 4) is 0 Å². The van der Waals surface area contributed by atoms with Crippen molar-refractivity contribution in [3.63, 3.8) is 0 Å². The molecule has 0 radical (unpaired) electrons. The standard InChI is InChI=1S/C15H18O2S/c16-14(17)11-15(8-9-15)12-18-10-4-7-13-5-2-1-3-6-13/h1-7H,8-12H2,(H,16,17). The molecule has 0 heterocycles. The first-order valence-corrected chi connectivity index (χ1v) is 7.37. The Morgan fingerprint density at radius 3 is 2.67 bits per heavy atom. The fourth-order valence-corrected chi connectivity index (χ4v) is 3.14. The molecule has 0 unspecified atom stereocenters. The maximum Gasteiger partial charge on any atom is 0.303 e. The van der Waals surface area contributed by atoms with Crippen LogP contribution < -0.4 is 0 Å². The summed E-state index contributed by atoms with van der Waals surface area (Å²) in [6.45, 7) is 0. The van der Waals surface area contributed by atoms with Crippen LogP contribution in [0.15, 0.2) is 36.4 Å². The number of rotatable bonds is 7. The predicted molar refractivity (Wildman–Crippen MR) is 76.7 cm³/mol. The van der Waals surface area contributed by atoms with Gasteiger partial charge in [0, 0.05) is 5.75 Å². The van der Waals surface area contributed by atoms with Crippen LogP contribution in [-0.4, -0.2) is 22.6 Å². The Bertz CT molecular complexity index is 421. The highest BCUT2D eigenvalue weighted by Crippen LogP contribution is 2.50. The molecule has 1 saturated carbocycles. The smallest absolute Gasteiger partial charge is 0.303 e. The molecular formula is C15H18O2S. The first-order valence-electron chi connectivity index (χ1n) is 6.21. The van der Waals surface area contributed by atoms with Crippen LogP contribution in [0, 0.1) is 5.41 Å². The number of hydrogen-bond donors (Lipinski definition) is 1. The molecule has 3 heteroatoms. The molecule has 18 heavy (non-hydrogen) atoms. The Kier molecular flexibility index (Phi) is 4.48. The molecule has 0 amide bonds. The third kappa shape index (κ3) is 4.22. The zero-order chi connectivity index (χ0) is 12.8. The van der Waals surface area contributed by atoms with Crippen LogP contribution in [0.5, 0.6) is 0 Å². The van der Waals surface area contributed by atoms with Crippen molar-refractivity contribution in [2.45, 2.75) is 19.3 Å². The van der Waals surface area contributed by atoms with E-state index in [1.54, 1.807) is 0 Å². The lowest BCUT2D eigenvalue weighted by Gasteiger charge is -2.10. The summed E-state index contributed by atoms with van der Waals surface area (Å²) in [4.78, 5) is 10.7. The van der Waals surface area contributed by atoms with E-state index in [0.717, 1.165) is 24.3 Å². The van der Waals surface area contributed by atoms with Crippen molar-refractivity contribution in [1.82, 2.24) is 0 Å². The Balaban J connectivity index is 1.67. The number of benzene rings is 1.